The van der Waals surface area contributed by atoms with Gasteiger partial charge < -0.3 is 10.6 Å². The summed E-state index contributed by atoms with van der Waals surface area (Å²) in [4.78, 5) is 28.8. The molecular formula is C21H18FN3O2. The van der Waals surface area contributed by atoms with Gasteiger partial charge >= 0.3 is 0 Å². The monoisotopic (exact) mass is 363 g/mol. The molecular weight excluding hydrogens is 345 g/mol. The first-order valence-electron chi connectivity index (χ1n) is 8.32. The molecule has 0 aliphatic rings. The van der Waals surface area contributed by atoms with Crippen LogP contribution in [0.25, 0.3) is 0 Å². The zero-order valence-electron chi connectivity index (χ0n) is 14.9. The fraction of sp³-hybridized carbons (Fsp3) is 0.0952. The van der Waals surface area contributed by atoms with Gasteiger partial charge in [0.25, 0.3) is 11.8 Å². The molecule has 3 rings (SSSR count). The Balaban J connectivity index is 1.76. The van der Waals surface area contributed by atoms with Crippen molar-refractivity contribution in [3.8, 4) is 0 Å². The van der Waals surface area contributed by atoms with Gasteiger partial charge in [0, 0.05) is 23.8 Å². The van der Waals surface area contributed by atoms with E-state index in [0.29, 0.717) is 11.4 Å². The van der Waals surface area contributed by atoms with Crippen LogP contribution in [0.1, 0.15) is 31.8 Å². The molecule has 2 N–H and O–H groups in total. The lowest BCUT2D eigenvalue weighted by atomic mass is 10.1. The summed E-state index contributed by atoms with van der Waals surface area (Å²) in [6.45, 7) is 3.89. The van der Waals surface area contributed by atoms with Crippen LogP contribution in [0.2, 0.25) is 0 Å². The van der Waals surface area contributed by atoms with E-state index in [4.69, 9.17) is 0 Å². The van der Waals surface area contributed by atoms with Gasteiger partial charge in [0.2, 0.25) is 0 Å². The van der Waals surface area contributed by atoms with E-state index in [0.717, 1.165) is 11.1 Å². The van der Waals surface area contributed by atoms with Crippen LogP contribution in [0.15, 0.2) is 60.9 Å². The number of carbonyl (C=O) groups is 2. The molecule has 0 saturated carbocycles. The molecule has 0 aliphatic heterocycles. The third kappa shape index (κ3) is 4.76. The van der Waals surface area contributed by atoms with Crippen molar-refractivity contribution in [3.05, 3.63) is 89.0 Å². The van der Waals surface area contributed by atoms with E-state index in [1.165, 1.54) is 36.7 Å². The van der Waals surface area contributed by atoms with Crippen LogP contribution in [0.4, 0.5) is 15.8 Å². The first-order valence-corrected chi connectivity index (χ1v) is 8.32. The minimum absolute atomic E-state index is 0.201. The number of amides is 2. The van der Waals surface area contributed by atoms with E-state index < -0.39 is 11.7 Å². The van der Waals surface area contributed by atoms with E-state index in [9.17, 15) is 14.0 Å². The second-order valence-electron chi connectivity index (χ2n) is 6.26. The number of carbonyl (C=O) groups excluding carboxylic acids is 2. The van der Waals surface area contributed by atoms with Gasteiger partial charge in [-0.15, -0.1) is 0 Å². The number of aromatic nitrogens is 1. The summed E-state index contributed by atoms with van der Waals surface area (Å²) in [6.07, 6.45) is 2.74. The lowest BCUT2D eigenvalue weighted by molar-refractivity contribution is 0.102. The fourth-order valence-corrected chi connectivity index (χ4v) is 2.71. The molecule has 0 radical (unpaired) electrons. The normalized spacial score (nSPS) is 10.3. The number of hydrogen-bond acceptors (Lipinski definition) is 3. The second kappa shape index (κ2) is 7.78. The molecule has 0 atom stereocenters. The van der Waals surface area contributed by atoms with Gasteiger partial charge in [0.1, 0.15) is 5.82 Å². The maximum absolute atomic E-state index is 13.2. The van der Waals surface area contributed by atoms with Crippen LogP contribution < -0.4 is 10.6 Å². The molecule has 0 bridgehead atoms. The van der Waals surface area contributed by atoms with Crippen molar-refractivity contribution in [2.45, 2.75) is 13.8 Å². The highest BCUT2D eigenvalue weighted by atomic mass is 19.1. The topological polar surface area (TPSA) is 71.1 Å². The van der Waals surface area contributed by atoms with Crippen LogP contribution in [0.3, 0.4) is 0 Å². The molecule has 0 aliphatic carbocycles. The SMILES string of the molecule is Cc1cc(C)cc(NC(=O)c2cncc(C(=O)Nc3cccc(F)c3)c2)c1. The lowest BCUT2D eigenvalue weighted by Gasteiger charge is -2.09. The highest BCUT2D eigenvalue weighted by Crippen LogP contribution is 2.16. The quantitative estimate of drug-likeness (QED) is 0.724. The molecule has 1 aromatic heterocycles. The zero-order chi connectivity index (χ0) is 19.4. The Kier molecular flexibility index (Phi) is 5.26. The Hall–Kier alpha value is -3.54. The number of rotatable bonds is 4. The molecule has 0 spiro atoms. The van der Waals surface area contributed by atoms with Crippen LogP contribution in [-0.2, 0) is 0 Å². The average Bonchev–Trinajstić information content (AvgIpc) is 2.61. The number of pyridine rings is 1. The van der Waals surface area contributed by atoms with Crippen molar-refractivity contribution in [2.75, 3.05) is 10.6 Å². The first kappa shape index (κ1) is 18.3. The maximum atomic E-state index is 13.2. The predicted molar refractivity (Wildman–Crippen MR) is 102 cm³/mol. The Morgan fingerprint density at radius 1 is 0.815 bits per heavy atom. The van der Waals surface area contributed by atoms with E-state index >= 15 is 0 Å². The van der Waals surface area contributed by atoms with Gasteiger partial charge in [-0.3, -0.25) is 14.6 Å². The van der Waals surface area contributed by atoms with Crippen LogP contribution >= 0.6 is 0 Å². The molecule has 6 heteroatoms. The zero-order valence-corrected chi connectivity index (χ0v) is 14.9. The number of benzene rings is 2. The maximum Gasteiger partial charge on any atom is 0.257 e. The molecule has 2 aromatic carbocycles. The third-order valence-electron chi connectivity index (χ3n) is 3.82. The summed E-state index contributed by atoms with van der Waals surface area (Å²) in [6, 6.07) is 12.7. The van der Waals surface area contributed by atoms with Crippen molar-refractivity contribution in [1.29, 1.82) is 0 Å². The summed E-state index contributed by atoms with van der Waals surface area (Å²) in [5.41, 5.74) is 3.52. The van der Waals surface area contributed by atoms with Crippen LogP contribution in [-0.4, -0.2) is 16.8 Å². The molecule has 3 aromatic rings. The molecule has 1 heterocycles. The number of nitrogens with zero attached hydrogens (tertiary/aromatic N) is 1. The smallest absolute Gasteiger partial charge is 0.257 e. The van der Waals surface area contributed by atoms with Crippen molar-refractivity contribution < 1.29 is 14.0 Å². The largest absolute Gasteiger partial charge is 0.322 e. The standard InChI is InChI=1S/C21H18FN3O2/c1-13-6-14(2)8-19(7-13)25-21(27)16-9-15(11-23-12-16)20(26)24-18-5-3-4-17(22)10-18/h3-12H,1-2H3,(H,24,26)(H,25,27). The third-order valence-corrected chi connectivity index (χ3v) is 3.82. The van der Waals surface area contributed by atoms with E-state index in [2.05, 4.69) is 15.6 Å². The van der Waals surface area contributed by atoms with Gasteiger partial charge in [0.05, 0.1) is 11.1 Å². The highest BCUT2D eigenvalue weighted by molar-refractivity contribution is 6.08. The Bertz CT molecular complexity index is 998. The summed E-state index contributed by atoms with van der Waals surface area (Å²) in [7, 11) is 0. The van der Waals surface area contributed by atoms with E-state index in [-0.39, 0.29) is 17.0 Å². The van der Waals surface area contributed by atoms with Crippen molar-refractivity contribution in [3.63, 3.8) is 0 Å². The summed E-state index contributed by atoms with van der Waals surface area (Å²) >= 11 is 0. The molecule has 2 amide bonds. The Labute approximate surface area is 156 Å². The average molecular weight is 363 g/mol. The van der Waals surface area contributed by atoms with E-state index in [1.807, 2.05) is 32.0 Å². The first-order chi connectivity index (χ1) is 12.9. The van der Waals surface area contributed by atoms with Crippen molar-refractivity contribution in [2.24, 2.45) is 0 Å². The molecule has 27 heavy (non-hydrogen) atoms. The minimum Gasteiger partial charge on any atom is -0.322 e. The summed E-state index contributed by atoms with van der Waals surface area (Å²) in [5.74, 6) is -1.30. The predicted octanol–water partition coefficient (Wildman–Crippen LogP) is 4.34. The fourth-order valence-electron chi connectivity index (χ4n) is 2.71. The van der Waals surface area contributed by atoms with Gasteiger partial charge in [-0.2, -0.15) is 0 Å². The molecule has 5 nitrogen and oxygen atoms in total. The Morgan fingerprint density at radius 2 is 1.41 bits per heavy atom. The minimum atomic E-state index is -0.478. The molecule has 136 valence electrons. The van der Waals surface area contributed by atoms with Crippen LogP contribution in [0.5, 0.6) is 0 Å². The lowest BCUT2D eigenvalue weighted by Crippen LogP contribution is -2.16. The molecule has 0 saturated heterocycles. The van der Waals surface area contributed by atoms with Crippen molar-refractivity contribution in [1.82, 2.24) is 4.98 Å². The summed E-state index contributed by atoms with van der Waals surface area (Å²) in [5, 5.41) is 5.38. The number of halogens is 1. The number of anilines is 2. The summed E-state index contributed by atoms with van der Waals surface area (Å²) < 4.78 is 13.2. The Morgan fingerprint density at radius 3 is 2.00 bits per heavy atom. The number of aryl methyl sites for hydroxylation is 2. The van der Waals surface area contributed by atoms with Gasteiger partial charge in [0.15, 0.2) is 0 Å². The van der Waals surface area contributed by atoms with Gasteiger partial charge in [-0.05, 0) is 61.4 Å². The molecule has 0 unspecified atom stereocenters. The van der Waals surface area contributed by atoms with Crippen LogP contribution in [0, 0.1) is 19.7 Å². The van der Waals surface area contributed by atoms with Gasteiger partial charge in [-0.1, -0.05) is 12.1 Å². The van der Waals surface area contributed by atoms with Crippen molar-refractivity contribution >= 4 is 23.2 Å². The second-order valence-corrected chi connectivity index (χ2v) is 6.26. The van der Waals surface area contributed by atoms with Gasteiger partial charge in [-0.25, -0.2) is 4.39 Å². The highest BCUT2D eigenvalue weighted by Gasteiger charge is 2.12. The van der Waals surface area contributed by atoms with E-state index in [1.54, 1.807) is 6.07 Å². The number of hydrogen-bond donors (Lipinski definition) is 2. The molecule has 0 fully saturated rings. The number of nitrogens with one attached hydrogen (secondary N) is 2.